The Labute approximate surface area is 141 Å². The van der Waals surface area contributed by atoms with E-state index in [1.165, 1.54) is 0 Å². The Morgan fingerprint density at radius 1 is 1.17 bits per heavy atom. The van der Waals surface area contributed by atoms with Crippen molar-refractivity contribution in [3.63, 3.8) is 0 Å². The fourth-order valence-electron chi connectivity index (χ4n) is 2.19. The topological polar surface area (TPSA) is 50.4 Å². The van der Waals surface area contributed by atoms with E-state index >= 15 is 0 Å². The molecule has 0 heterocycles. The number of methoxy groups -OCH3 is 1. The molecule has 0 radical (unpaired) electrons. The van der Waals surface area contributed by atoms with Gasteiger partial charge in [-0.05, 0) is 36.2 Å². The summed E-state index contributed by atoms with van der Waals surface area (Å²) in [6.45, 7) is 2.71. The van der Waals surface area contributed by atoms with Crippen LogP contribution in [0.15, 0.2) is 48.5 Å². The average molecular weight is 333 g/mol. The van der Waals surface area contributed by atoms with Crippen molar-refractivity contribution >= 4 is 17.5 Å². The zero-order chi connectivity index (χ0) is 16.7. The van der Waals surface area contributed by atoms with Crippen molar-refractivity contribution < 1.29 is 9.53 Å². The van der Waals surface area contributed by atoms with Gasteiger partial charge in [0.05, 0.1) is 13.7 Å². The van der Waals surface area contributed by atoms with E-state index in [0.717, 1.165) is 16.9 Å². The predicted octanol–water partition coefficient (Wildman–Crippen LogP) is 3.32. The Morgan fingerprint density at radius 2 is 1.87 bits per heavy atom. The highest BCUT2D eigenvalue weighted by atomic mass is 35.5. The second kappa shape index (κ2) is 8.56. The molecule has 0 unspecified atom stereocenters. The number of hydrogen-bond donors (Lipinski definition) is 2. The van der Waals surface area contributed by atoms with Gasteiger partial charge in [0.1, 0.15) is 5.75 Å². The monoisotopic (exact) mass is 332 g/mol. The summed E-state index contributed by atoms with van der Waals surface area (Å²) in [5, 5.41) is 6.76. The second-order valence-electron chi connectivity index (χ2n) is 5.25. The molecule has 0 aliphatic rings. The molecule has 0 saturated carbocycles. The molecule has 0 bridgehead atoms. The van der Waals surface area contributed by atoms with E-state index in [0.29, 0.717) is 11.6 Å². The van der Waals surface area contributed by atoms with Gasteiger partial charge in [-0.15, -0.1) is 0 Å². The van der Waals surface area contributed by atoms with Crippen LogP contribution in [0.4, 0.5) is 0 Å². The van der Waals surface area contributed by atoms with Gasteiger partial charge in [-0.2, -0.15) is 0 Å². The number of benzene rings is 2. The van der Waals surface area contributed by atoms with Gasteiger partial charge in [0, 0.05) is 17.6 Å². The summed E-state index contributed by atoms with van der Waals surface area (Å²) >= 11 is 6.15. The molecule has 0 saturated heterocycles. The fourth-order valence-corrected chi connectivity index (χ4v) is 2.49. The first-order valence-electron chi connectivity index (χ1n) is 7.47. The van der Waals surface area contributed by atoms with Crippen molar-refractivity contribution in [2.75, 3.05) is 13.7 Å². The molecule has 0 aromatic heterocycles. The molecule has 2 aromatic rings. The number of ether oxygens (including phenoxy) is 1. The Bertz CT molecular complexity index is 644. The van der Waals surface area contributed by atoms with Crippen molar-refractivity contribution in [3.05, 3.63) is 64.7 Å². The third-order valence-electron chi connectivity index (χ3n) is 3.59. The number of carbonyl (C=O) groups is 1. The van der Waals surface area contributed by atoms with Crippen molar-refractivity contribution in [2.24, 2.45) is 0 Å². The third kappa shape index (κ3) is 5.27. The van der Waals surface area contributed by atoms with E-state index in [4.69, 9.17) is 16.3 Å². The van der Waals surface area contributed by atoms with E-state index in [1.54, 1.807) is 7.11 Å². The highest BCUT2D eigenvalue weighted by molar-refractivity contribution is 6.31. The molecule has 0 aliphatic carbocycles. The lowest BCUT2D eigenvalue weighted by atomic mass is 10.1. The van der Waals surface area contributed by atoms with E-state index in [2.05, 4.69) is 10.6 Å². The van der Waals surface area contributed by atoms with Crippen LogP contribution in [-0.4, -0.2) is 19.6 Å². The molecular formula is C18H21ClN2O2. The zero-order valence-electron chi connectivity index (χ0n) is 13.3. The molecular weight excluding hydrogens is 312 g/mol. The molecule has 0 spiro atoms. The number of rotatable bonds is 7. The van der Waals surface area contributed by atoms with Crippen molar-refractivity contribution in [1.29, 1.82) is 0 Å². The van der Waals surface area contributed by atoms with E-state index < -0.39 is 0 Å². The molecule has 4 nitrogen and oxygen atoms in total. The van der Waals surface area contributed by atoms with Crippen LogP contribution in [0.3, 0.4) is 0 Å². The Hall–Kier alpha value is -2.04. The minimum Gasteiger partial charge on any atom is -0.497 e. The molecule has 5 heteroatoms. The van der Waals surface area contributed by atoms with Crippen LogP contribution in [0.25, 0.3) is 0 Å². The number of carbonyl (C=O) groups excluding carboxylic acids is 1. The molecule has 2 N–H and O–H groups in total. The van der Waals surface area contributed by atoms with Gasteiger partial charge in [-0.1, -0.05) is 41.9 Å². The van der Waals surface area contributed by atoms with Crippen LogP contribution < -0.4 is 15.4 Å². The Balaban J connectivity index is 1.77. The molecule has 0 fully saturated rings. The fraction of sp³-hybridized carbons (Fsp3) is 0.278. The maximum absolute atomic E-state index is 11.9. The normalized spacial score (nSPS) is 11.8. The minimum atomic E-state index is -0.0558. The van der Waals surface area contributed by atoms with Crippen molar-refractivity contribution in [3.8, 4) is 5.75 Å². The largest absolute Gasteiger partial charge is 0.497 e. The van der Waals surface area contributed by atoms with Gasteiger partial charge in [0.15, 0.2) is 0 Å². The van der Waals surface area contributed by atoms with Crippen LogP contribution in [0, 0.1) is 0 Å². The summed E-state index contributed by atoms with van der Waals surface area (Å²) in [5.41, 5.74) is 2.01. The van der Waals surface area contributed by atoms with E-state index in [1.807, 2.05) is 55.5 Å². The lowest BCUT2D eigenvalue weighted by Crippen LogP contribution is -2.34. The van der Waals surface area contributed by atoms with E-state index in [9.17, 15) is 4.79 Å². The lowest BCUT2D eigenvalue weighted by molar-refractivity contribution is -0.120. The number of amides is 1. The van der Waals surface area contributed by atoms with Gasteiger partial charge in [0.2, 0.25) is 5.91 Å². The number of halogens is 1. The van der Waals surface area contributed by atoms with Gasteiger partial charge in [0.25, 0.3) is 0 Å². The van der Waals surface area contributed by atoms with Crippen LogP contribution >= 0.6 is 11.6 Å². The number of nitrogens with one attached hydrogen (secondary N) is 2. The van der Waals surface area contributed by atoms with Crippen molar-refractivity contribution in [2.45, 2.75) is 19.5 Å². The highest BCUT2D eigenvalue weighted by Gasteiger charge is 2.10. The lowest BCUT2D eigenvalue weighted by Gasteiger charge is -2.15. The smallest absolute Gasteiger partial charge is 0.234 e. The predicted molar refractivity (Wildman–Crippen MR) is 92.7 cm³/mol. The summed E-state index contributed by atoms with van der Waals surface area (Å²) in [7, 11) is 1.63. The number of hydrogen-bond acceptors (Lipinski definition) is 3. The first-order chi connectivity index (χ1) is 11.1. The van der Waals surface area contributed by atoms with Crippen LogP contribution in [0.5, 0.6) is 5.75 Å². The molecule has 2 rings (SSSR count). The summed E-state index contributed by atoms with van der Waals surface area (Å²) in [5.74, 6) is 0.745. The van der Waals surface area contributed by atoms with Gasteiger partial charge in [-0.25, -0.2) is 0 Å². The van der Waals surface area contributed by atoms with Gasteiger partial charge in [-0.3, -0.25) is 4.79 Å². The van der Waals surface area contributed by atoms with Gasteiger partial charge >= 0.3 is 0 Å². The highest BCUT2D eigenvalue weighted by Crippen LogP contribution is 2.21. The summed E-state index contributed by atoms with van der Waals surface area (Å²) in [6, 6.07) is 15.2. The maximum Gasteiger partial charge on any atom is 0.234 e. The molecule has 1 atom stereocenters. The van der Waals surface area contributed by atoms with Crippen LogP contribution in [-0.2, 0) is 11.3 Å². The standard InChI is InChI=1S/C18H21ClN2O2/c1-13(16-5-3-4-6-17(16)19)20-12-18(22)21-11-14-7-9-15(23-2)10-8-14/h3-10,13,20H,11-12H2,1-2H3,(H,21,22)/t13-/m1/s1. The Kier molecular flexibility index (Phi) is 6.44. The SMILES string of the molecule is COc1ccc(CNC(=O)CN[C@H](C)c2ccccc2Cl)cc1. The van der Waals surface area contributed by atoms with Gasteiger partial charge < -0.3 is 15.4 Å². The molecule has 122 valence electrons. The first kappa shape index (κ1) is 17.3. The molecule has 0 aliphatic heterocycles. The summed E-state index contributed by atoms with van der Waals surface area (Å²) in [6.07, 6.45) is 0. The molecule has 2 aromatic carbocycles. The summed E-state index contributed by atoms with van der Waals surface area (Å²) < 4.78 is 5.10. The summed E-state index contributed by atoms with van der Waals surface area (Å²) in [4.78, 5) is 11.9. The molecule has 1 amide bonds. The van der Waals surface area contributed by atoms with E-state index in [-0.39, 0.29) is 18.5 Å². The minimum absolute atomic E-state index is 0.00966. The average Bonchev–Trinajstić information content (AvgIpc) is 2.58. The van der Waals surface area contributed by atoms with Crippen LogP contribution in [0.2, 0.25) is 5.02 Å². The van der Waals surface area contributed by atoms with Crippen molar-refractivity contribution in [1.82, 2.24) is 10.6 Å². The van der Waals surface area contributed by atoms with Crippen LogP contribution in [0.1, 0.15) is 24.1 Å². The Morgan fingerprint density at radius 3 is 2.52 bits per heavy atom. The second-order valence-corrected chi connectivity index (χ2v) is 5.66. The molecule has 23 heavy (non-hydrogen) atoms. The third-order valence-corrected chi connectivity index (χ3v) is 3.93. The quantitative estimate of drug-likeness (QED) is 0.817. The maximum atomic E-state index is 11.9. The first-order valence-corrected chi connectivity index (χ1v) is 7.85. The zero-order valence-corrected chi connectivity index (χ0v) is 14.1.